The molecule has 0 saturated carbocycles. The maximum absolute atomic E-state index is 12.8. The number of aryl methyl sites for hydroxylation is 1. The second kappa shape index (κ2) is 8.27. The van der Waals surface area contributed by atoms with Crippen LogP contribution in [0.15, 0.2) is 6.07 Å². The third-order valence-corrected chi connectivity index (χ3v) is 4.28. The van der Waals surface area contributed by atoms with Gasteiger partial charge in [0.2, 0.25) is 5.95 Å². The molecule has 0 aromatic carbocycles. The van der Waals surface area contributed by atoms with Gasteiger partial charge in [-0.15, -0.1) is 0 Å². The largest absolute Gasteiger partial charge is 0.341 e. The topological polar surface area (TPSA) is 49.3 Å². The highest BCUT2D eigenvalue weighted by Gasteiger charge is 2.22. The molecule has 1 aromatic heterocycles. The van der Waals surface area contributed by atoms with Crippen molar-refractivity contribution in [2.45, 2.75) is 53.4 Å². The molecule has 1 unspecified atom stereocenters. The van der Waals surface area contributed by atoms with E-state index in [-0.39, 0.29) is 5.91 Å². The maximum atomic E-state index is 12.8. The van der Waals surface area contributed by atoms with Crippen LogP contribution >= 0.6 is 0 Å². The van der Waals surface area contributed by atoms with Gasteiger partial charge < -0.3 is 9.80 Å². The van der Waals surface area contributed by atoms with Gasteiger partial charge in [-0.25, -0.2) is 9.97 Å². The summed E-state index contributed by atoms with van der Waals surface area (Å²) >= 11 is 0. The van der Waals surface area contributed by atoms with E-state index < -0.39 is 0 Å². The van der Waals surface area contributed by atoms with Crippen LogP contribution in [0.5, 0.6) is 0 Å². The normalized spacial score (nSPS) is 18.1. The Morgan fingerprint density at radius 1 is 1.30 bits per heavy atom. The Morgan fingerprint density at radius 3 is 2.61 bits per heavy atom. The summed E-state index contributed by atoms with van der Waals surface area (Å²) in [4.78, 5) is 26.1. The first-order valence-electron chi connectivity index (χ1n) is 8.95. The van der Waals surface area contributed by atoms with Crippen LogP contribution in [-0.4, -0.2) is 47.0 Å². The van der Waals surface area contributed by atoms with Crippen molar-refractivity contribution in [1.29, 1.82) is 0 Å². The third kappa shape index (κ3) is 4.66. The standard InChI is InChI=1S/C18H30N4O/c1-5-9-21(10-6-2)17(23)16-12-15(4)19-18(20-16)22-11-7-8-14(3)13-22/h12,14H,5-11,13H2,1-4H3. The summed E-state index contributed by atoms with van der Waals surface area (Å²) in [7, 11) is 0. The number of nitrogens with zero attached hydrogens (tertiary/aromatic N) is 4. The monoisotopic (exact) mass is 318 g/mol. The minimum Gasteiger partial charge on any atom is -0.341 e. The van der Waals surface area contributed by atoms with E-state index in [2.05, 4.69) is 35.6 Å². The molecule has 1 aromatic rings. The van der Waals surface area contributed by atoms with Crippen LogP contribution in [0.2, 0.25) is 0 Å². The first-order chi connectivity index (χ1) is 11.0. The van der Waals surface area contributed by atoms with E-state index in [4.69, 9.17) is 0 Å². The highest BCUT2D eigenvalue weighted by molar-refractivity contribution is 5.92. The Hall–Kier alpha value is -1.65. The zero-order valence-electron chi connectivity index (χ0n) is 15.0. The van der Waals surface area contributed by atoms with Crippen LogP contribution in [0.4, 0.5) is 5.95 Å². The predicted molar refractivity (Wildman–Crippen MR) is 93.9 cm³/mol. The summed E-state index contributed by atoms with van der Waals surface area (Å²) in [5.41, 5.74) is 1.40. The SMILES string of the molecule is CCCN(CCC)C(=O)c1cc(C)nc(N2CCCC(C)C2)n1. The van der Waals surface area contributed by atoms with Crippen LogP contribution in [0.25, 0.3) is 0 Å². The Kier molecular flexibility index (Phi) is 6.37. The number of carbonyl (C=O) groups is 1. The van der Waals surface area contributed by atoms with Crippen molar-refractivity contribution in [3.05, 3.63) is 17.5 Å². The van der Waals surface area contributed by atoms with Crippen molar-refractivity contribution in [3.63, 3.8) is 0 Å². The van der Waals surface area contributed by atoms with Crippen LogP contribution in [-0.2, 0) is 0 Å². The molecular formula is C18H30N4O. The number of hydrogen-bond acceptors (Lipinski definition) is 4. The van der Waals surface area contributed by atoms with Crippen molar-refractivity contribution < 1.29 is 4.79 Å². The summed E-state index contributed by atoms with van der Waals surface area (Å²) in [6, 6.07) is 1.82. The van der Waals surface area contributed by atoms with Gasteiger partial charge >= 0.3 is 0 Å². The lowest BCUT2D eigenvalue weighted by Gasteiger charge is -2.31. The van der Waals surface area contributed by atoms with Gasteiger partial charge in [-0.2, -0.15) is 0 Å². The Morgan fingerprint density at radius 2 is 2.00 bits per heavy atom. The highest BCUT2D eigenvalue weighted by atomic mass is 16.2. The fraction of sp³-hybridized carbons (Fsp3) is 0.722. The predicted octanol–water partition coefficient (Wildman–Crippen LogP) is 3.28. The average Bonchev–Trinajstić information content (AvgIpc) is 2.53. The number of anilines is 1. The number of rotatable bonds is 6. The first-order valence-corrected chi connectivity index (χ1v) is 8.95. The van der Waals surface area contributed by atoms with Gasteiger partial charge in [-0.1, -0.05) is 20.8 Å². The first kappa shape index (κ1) is 17.7. The smallest absolute Gasteiger partial charge is 0.272 e. The van der Waals surface area contributed by atoms with Gasteiger partial charge in [0.05, 0.1) is 0 Å². The molecule has 1 amide bonds. The van der Waals surface area contributed by atoms with Gasteiger partial charge in [0.25, 0.3) is 5.91 Å². The number of aromatic nitrogens is 2. The van der Waals surface area contributed by atoms with Crippen molar-refractivity contribution in [2.75, 3.05) is 31.1 Å². The molecule has 1 fully saturated rings. The molecule has 128 valence electrons. The van der Waals surface area contributed by atoms with E-state index in [1.54, 1.807) is 0 Å². The van der Waals surface area contributed by atoms with E-state index >= 15 is 0 Å². The van der Waals surface area contributed by atoms with Crippen LogP contribution < -0.4 is 4.90 Å². The van der Waals surface area contributed by atoms with Crippen molar-refractivity contribution in [2.24, 2.45) is 5.92 Å². The van der Waals surface area contributed by atoms with Gasteiger partial charge in [0.1, 0.15) is 5.69 Å². The van der Waals surface area contributed by atoms with Crippen molar-refractivity contribution in [1.82, 2.24) is 14.9 Å². The fourth-order valence-corrected chi connectivity index (χ4v) is 3.19. The highest BCUT2D eigenvalue weighted by Crippen LogP contribution is 2.21. The molecule has 0 spiro atoms. The molecule has 5 heteroatoms. The van der Waals surface area contributed by atoms with E-state index in [0.717, 1.165) is 44.7 Å². The molecule has 1 atom stereocenters. The van der Waals surface area contributed by atoms with Crippen LogP contribution in [0.3, 0.4) is 0 Å². The average molecular weight is 318 g/mol. The zero-order chi connectivity index (χ0) is 16.8. The van der Waals surface area contributed by atoms with Crippen LogP contribution in [0, 0.1) is 12.8 Å². The minimum absolute atomic E-state index is 0.0329. The Labute approximate surface area is 140 Å². The molecule has 0 N–H and O–H groups in total. The Balaban J connectivity index is 2.23. The molecule has 0 aliphatic carbocycles. The fourth-order valence-electron chi connectivity index (χ4n) is 3.19. The van der Waals surface area contributed by atoms with Crippen molar-refractivity contribution >= 4 is 11.9 Å². The van der Waals surface area contributed by atoms with Crippen LogP contribution in [0.1, 0.15) is 62.6 Å². The number of hydrogen-bond donors (Lipinski definition) is 0. The van der Waals surface area contributed by atoms with Gasteiger partial charge in [-0.05, 0) is 44.6 Å². The van der Waals surface area contributed by atoms with E-state index in [1.165, 1.54) is 12.8 Å². The molecule has 2 heterocycles. The summed E-state index contributed by atoms with van der Waals surface area (Å²) in [5, 5.41) is 0. The van der Waals surface area contributed by atoms with Crippen molar-refractivity contribution in [3.8, 4) is 0 Å². The molecule has 1 saturated heterocycles. The summed E-state index contributed by atoms with van der Waals surface area (Å²) < 4.78 is 0. The molecule has 0 bridgehead atoms. The number of carbonyl (C=O) groups excluding carboxylic acids is 1. The quantitative estimate of drug-likeness (QED) is 0.807. The van der Waals surface area contributed by atoms with Gasteiger partial charge in [-0.3, -0.25) is 4.79 Å². The van der Waals surface area contributed by atoms with E-state index in [0.29, 0.717) is 17.6 Å². The van der Waals surface area contributed by atoms with E-state index in [9.17, 15) is 4.79 Å². The molecule has 1 aliphatic rings. The molecule has 23 heavy (non-hydrogen) atoms. The minimum atomic E-state index is 0.0329. The van der Waals surface area contributed by atoms with Gasteiger partial charge in [0, 0.05) is 31.9 Å². The number of amides is 1. The lowest BCUT2D eigenvalue weighted by Crippen LogP contribution is -2.37. The summed E-state index contributed by atoms with van der Waals surface area (Å²) in [5.74, 6) is 1.40. The lowest BCUT2D eigenvalue weighted by molar-refractivity contribution is 0.0749. The maximum Gasteiger partial charge on any atom is 0.272 e. The molecular weight excluding hydrogens is 288 g/mol. The zero-order valence-corrected chi connectivity index (χ0v) is 15.0. The summed E-state index contributed by atoms with van der Waals surface area (Å²) in [6.07, 6.45) is 4.35. The van der Waals surface area contributed by atoms with E-state index in [1.807, 2.05) is 17.9 Å². The Bertz CT molecular complexity index is 526. The lowest BCUT2D eigenvalue weighted by atomic mass is 10.0. The summed E-state index contributed by atoms with van der Waals surface area (Å²) in [6.45, 7) is 11.9. The molecule has 0 radical (unpaired) electrons. The third-order valence-electron chi connectivity index (χ3n) is 4.28. The molecule has 2 rings (SSSR count). The molecule has 1 aliphatic heterocycles. The number of piperidine rings is 1. The molecule has 5 nitrogen and oxygen atoms in total. The van der Waals surface area contributed by atoms with Gasteiger partial charge in [0.15, 0.2) is 0 Å². The second-order valence-electron chi connectivity index (χ2n) is 6.68. The second-order valence-corrected chi connectivity index (χ2v) is 6.68.